The molecule has 23 heavy (non-hydrogen) atoms. The number of piperazine rings is 1. The molecule has 0 unspecified atom stereocenters. The van der Waals surface area contributed by atoms with Crippen LogP contribution in [0, 0.1) is 0 Å². The van der Waals surface area contributed by atoms with Crippen LogP contribution in [0.3, 0.4) is 0 Å². The van der Waals surface area contributed by atoms with Gasteiger partial charge in [0.05, 0.1) is 6.20 Å². The predicted octanol–water partition coefficient (Wildman–Crippen LogP) is 1.31. The number of hydrogen-bond acceptors (Lipinski definition) is 6. The third-order valence-electron chi connectivity index (χ3n) is 3.94. The van der Waals surface area contributed by atoms with E-state index in [1.807, 2.05) is 30.3 Å². The summed E-state index contributed by atoms with van der Waals surface area (Å²) in [6.07, 6.45) is 2.57. The molecular weight excluding hydrogens is 292 g/mol. The van der Waals surface area contributed by atoms with Gasteiger partial charge in [0, 0.05) is 38.4 Å². The summed E-state index contributed by atoms with van der Waals surface area (Å²) in [5.74, 6) is 1.39. The van der Waals surface area contributed by atoms with E-state index in [0.717, 1.165) is 37.5 Å². The maximum atomic E-state index is 10.8. The molecule has 1 saturated heterocycles. The summed E-state index contributed by atoms with van der Waals surface area (Å²) in [6.45, 7) is 5.70. The summed E-state index contributed by atoms with van der Waals surface area (Å²) in [5, 5.41) is 8.27. The zero-order valence-corrected chi connectivity index (χ0v) is 13.2. The van der Waals surface area contributed by atoms with Crippen LogP contribution in [0.25, 0.3) is 0 Å². The van der Waals surface area contributed by atoms with E-state index in [0.29, 0.717) is 19.0 Å². The number of aromatic nitrogens is 3. The molecule has 0 N–H and O–H groups in total. The molecule has 7 heteroatoms. The van der Waals surface area contributed by atoms with Gasteiger partial charge in [0.1, 0.15) is 0 Å². The first-order valence-corrected chi connectivity index (χ1v) is 7.78. The van der Waals surface area contributed by atoms with E-state index in [1.54, 1.807) is 11.1 Å². The summed E-state index contributed by atoms with van der Waals surface area (Å²) >= 11 is 0. The minimum Gasteiger partial charge on any atom is -0.342 e. The lowest BCUT2D eigenvalue weighted by molar-refractivity contribution is -0.118. The van der Waals surface area contributed by atoms with E-state index in [4.69, 9.17) is 0 Å². The van der Waals surface area contributed by atoms with E-state index < -0.39 is 0 Å². The average molecular weight is 312 g/mol. The molecule has 2 aromatic rings. The molecule has 0 atom stereocenters. The Hall–Kier alpha value is -2.70. The fourth-order valence-electron chi connectivity index (χ4n) is 2.66. The fraction of sp³-hybridized carbons (Fsp3) is 0.375. The van der Waals surface area contributed by atoms with Gasteiger partial charge in [0.2, 0.25) is 12.4 Å². The van der Waals surface area contributed by atoms with Crippen molar-refractivity contribution in [2.45, 2.75) is 6.92 Å². The lowest BCUT2D eigenvalue weighted by atomic mass is 10.3. The Morgan fingerprint density at radius 3 is 2.57 bits per heavy atom. The Morgan fingerprint density at radius 2 is 1.91 bits per heavy atom. The first-order chi connectivity index (χ1) is 11.3. The largest absolute Gasteiger partial charge is 0.342 e. The number of carbonyl (C=O) groups excluding carboxylic acids is 1. The third-order valence-corrected chi connectivity index (χ3v) is 3.94. The normalized spacial score (nSPS) is 14.7. The summed E-state index contributed by atoms with van der Waals surface area (Å²) in [4.78, 5) is 21.4. The molecule has 1 aliphatic heterocycles. The topological polar surface area (TPSA) is 65.5 Å². The molecule has 1 aliphatic rings. The van der Waals surface area contributed by atoms with E-state index in [1.165, 1.54) is 0 Å². The SMILES string of the molecule is CCN(c1ccccc1)c1cnnc(N2CCN(C=O)CC2)n1. The van der Waals surface area contributed by atoms with Crippen molar-refractivity contribution in [2.75, 3.05) is 42.5 Å². The van der Waals surface area contributed by atoms with Gasteiger partial charge in [-0.3, -0.25) is 4.79 Å². The van der Waals surface area contributed by atoms with Crippen LogP contribution < -0.4 is 9.80 Å². The van der Waals surface area contributed by atoms with Gasteiger partial charge >= 0.3 is 0 Å². The Bertz CT molecular complexity index is 642. The zero-order chi connectivity index (χ0) is 16.1. The number of benzene rings is 1. The van der Waals surface area contributed by atoms with Crippen molar-refractivity contribution in [2.24, 2.45) is 0 Å². The van der Waals surface area contributed by atoms with Gasteiger partial charge in [-0.25, -0.2) is 0 Å². The molecule has 0 aliphatic carbocycles. The smallest absolute Gasteiger partial charge is 0.247 e. The molecule has 1 aromatic carbocycles. The molecular formula is C16H20N6O. The quantitative estimate of drug-likeness (QED) is 0.776. The Labute approximate surface area is 135 Å². The van der Waals surface area contributed by atoms with Crippen LogP contribution in [-0.2, 0) is 4.79 Å². The lowest BCUT2D eigenvalue weighted by Crippen LogP contribution is -2.46. The van der Waals surface area contributed by atoms with Crippen LogP contribution in [0.15, 0.2) is 36.5 Å². The minimum absolute atomic E-state index is 0.613. The van der Waals surface area contributed by atoms with Crippen molar-refractivity contribution in [3.63, 3.8) is 0 Å². The van der Waals surface area contributed by atoms with Crippen molar-refractivity contribution >= 4 is 23.9 Å². The van der Waals surface area contributed by atoms with Crippen LogP contribution in [0.2, 0.25) is 0 Å². The van der Waals surface area contributed by atoms with Crippen molar-refractivity contribution in [1.82, 2.24) is 20.1 Å². The van der Waals surface area contributed by atoms with Gasteiger partial charge in [-0.15, -0.1) is 5.10 Å². The van der Waals surface area contributed by atoms with Crippen molar-refractivity contribution in [1.29, 1.82) is 0 Å². The summed E-state index contributed by atoms with van der Waals surface area (Å²) < 4.78 is 0. The maximum absolute atomic E-state index is 10.8. The number of amides is 1. The van der Waals surface area contributed by atoms with Crippen LogP contribution >= 0.6 is 0 Å². The van der Waals surface area contributed by atoms with Crippen LogP contribution in [0.1, 0.15) is 6.92 Å². The second-order valence-corrected chi connectivity index (χ2v) is 5.32. The zero-order valence-electron chi connectivity index (χ0n) is 13.2. The highest BCUT2D eigenvalue weighted by atomic mass is 16.1. The summed E-state index contributed by atoms with van der Waals surface area (Å²) in [5.41, 5.74) is 1.08. The van der Waals surface area contributed by atoms with Crippen LogP contribution in [0.5, 0.6) is 0 Å². The molecule has 0 bridgehead atoms. The number of hydrogen-bond donors (Lipinski definition) is 0. The highest BCUT2D eigenvalue weighted by Gasteiger charge is 2.19. The van der Waals surface area contributed by atoms with E-state index in [-0.39, 0.29) is 0 Å². The van der Waals surface area contributed by atoms with Crippen molar-refractivity contribution < 1.29 is 4.79 Å². The van der Waals surface area contributed by atoms with Crippen LogP contribution in [-0.4, -0.2) is 59.2 Å². The molecule has 7 nitrogen and oxygen atoms in total. The second kappa shape index (κ2) is 7.04. The molecule has 120 valence electrons. The number of carbonyl (C=O) groups is 1. The van der Waals surface area contributed by atoms with E-state index in [2.05, 4.69) is 31.9 Å². The molecule has 1 aromatic heterocycles. The molecule has 0 saturated carbocycles. The average Bonchev–Trinajstić information content (AvgIpc) is 2.64. The maximum Gasteiger partial charge on any atom is 0.247 e. The minimum atomic E-state index is 0.613. The highest BCUT2D eigenvalue weighted by molar-refractivity contribution is 5.59. The highest BCUT2D eigenvalue weighted by Crippen LogP contribution is 2.23. The van der Waals surface area contributed by atoms with Gasteiger partial charge in [-0.1, -0.05) is 18.2 Å². The number of para-hydroxylation sites is 1. The number of anilines is 3. The van der Waals surface area contributed by atoms with E-state index in [9.17, 15) is 4.79 Å². The number of rotatable bonds is 5. The first-order valence-electron chi connectivity index (χ1n) is 7.78. The predicted molar refractivity (Wildman–Crippen MR) is 88.8 cm³/mol. The Morgan fingerprint density at radius 1 is 1.17 bits per heavy atom. The molecule has 2 heterocycles. The van der Waals surface area contributed by atoms with Crippen LogP contribution in [0.4, 0.5) is 17.5 Å². The molecule has 3 rings (SSSR count). The second-order valence-electron chi connectivity index (χ2n) is 5.32. The fourth-order valence-corrected chi connectivity index (χ4v) is 2.66. The first kappa shape index (κ1) is 15.2. The van der Waals surface area contributed by atoms with Gasteiger partial charge in [-0.05, 0) is 19.1 Å². The molecule has 0 radical (unpaired) electrons. The molecule has 0 spiro atoms. The van der Waals surface area contributed by atoms with Crippen molar-refractivity contribution in [3.8, 4) is 0 Å². The standard InChI is InChI=1S/C16H20N6O/c1-2-22(14-6-4-3-5-7-14)15-12-17-19-16(18-15)21-10-8-20(13-23)9-11-21/h3-7,12-13H,2,8-11H2,1H3. The molecule has 1 fully saturated rings. The number of nitrogens with zero attached hydrogens (tertiary/aromatic N) is 6. The van der Waals surface area contributed by atoms with Gasteiger partial charge < -0.3 is 14.7 Å². The Balaban J connectivity index is 1.80. The van der Waals surface area contributed by atoms with Gasteiger partial charge in [0.25, 0.3) is 0 Å². The summed E-state index contributed by atoms with van der Waals surface area (Å²) in [6, 6.07) is 10.1. The molecule has 1 amide bonds. The van der Waals surface area contributed by atoms with E-state index >= 15 is 0 Å². The van der Waals surface area contributed by atoms with Gasteiger partial charge in [0.15, 0.2) is 5.82 Å². The Kier molecular flexibility index (Phi) is 4.65. The van der Waals surface area contributed by atoms with Gasteiger partial charge in [-0.2, -0.15) is 10.1 Å². The van der Waals surface area contributed by atoms with Crippen molar-refractivity contribution in [3.05, 3.63) is 36.5 Å². The lowest BCUT2D eigenvalue weighted by Gasteiger charge is -2.32. The summed E-state index contributed by atoms with van der Waals surface area (Å²) in [7, 11) is 0. The monoisotopic (exact) mass is 312 g/mol. The third kappa shape index (κ3) is 3.39.